The highest BCUT2D eigenvalue weighted by Gasteiger charge is 2.75. The molecule has 1 spiro atoms. The van der Waals surface area contributed by atoms with Gasteiger partial charge >= 0.3 is 11.9 Å². The molecule has 1 saturated carbocycles. The molecule has 5 atom stereocenters. The van der Waals surface area contributed by atoms with Crippen molar-refractivity contribution in [1.29, 1.82) is 0 Å². The van der Waals surface area contributed by atoms with Crippen molar-refractivity contribution in [3.63, 3.8) is 0 Å². The average Bonchev–Trinajstić information content (AvgIpc) is 3.29. The van der Waals surface area contributed by atoms with Gasteiger partial charge in [-0.1, -0.05) is 42.0 Å². The summed E-state index contributed by atoms with van der Waals surface area (Å²) < 4.78 is 19.0. The fourth-order valence-electron chi connectivity index (χ4n) is 8.53. The molecule has 1 saturated heterocycles. The molecule has 42 heavy (non-hydrogen) atoms. The standard InChI is InChI=1S/C34H40N2O6/c1-6-17-36-18-16-33-30-25-11-12-27(40-22(3)37)31(30)41-32(33)26(14-15-34(33,28(36)20-25)42-23(4)38)35(5)29(39)13-10-24-9-7-8-21(2)19-24/h6-9,11-12,19,26,28,32H,1,10,13-18,20H2,2-5H3/t26?,28-,32?,33+,34-/m1/s1. The monoisotopic (exact) mass is 572 g/mol. The number of rotatable bonds is 8. The SMILES string of the molecule is C=CCN1CC[C@]23c4c5ccc(OC(C)=O)c4OC2C(N(C)C(=O)CCc2cccc(C)c2)CC[C@@]3(OC(C)=O)[C@H]1C5. The highest BCUT2D eigenvalue weighted by atomic mass is 16.6. The Morgan fingerprint density at radius 2 is 1.98 bits per heavy atom. The van der Waals surface area contributed by atoms with E-state index in [4.69, 9.17) is 14.2 Å². The lowest BCUT2D eigenvalue weighted by Gasteiger charge is -2.65. The molecule has 2 aliphatic heterocycles. The number of likely N-dealkylation sites (N-methyl/N-ethyl adjacent to an activating group) is 1. The number of amides is 1. The summed E-state index contributed by atoms with van der Waals surface area (Å²) >= 11 is 0. The largest absolute Gasteiger partial charge is 0.483 e. The number of hydrogen-bond donors (Lipinski definition) is 0. The van der Waals surface area contributed by atoms with Crippen LogP contribution in [0.1, 0.15) is 61.8 Å². The van der Waals surface area contributed by atoms with Crippen molar-refractivity contribution < 1.29 is 28.6 Å². The van der Waals surface area contributed by atoms with Crippen molar-refractivity contribution in [3.05, 3.63) is 71.3 Å². The minimum Gasteiger partial charge on any atom is -0.483 e. The van der Waals surface area contributed by atoms with Crippen molar-refractivity contribution in [2.45, 2.75) is 88.5 Å². The lowest BCUT2D eigenvalue weighted by Crippen LogP contribution is -2.79. The Labute approximate surface area is 247 Å². The molecular formula is C34H40N2O6. The topological polar surface area (TPSA) is 85.4 Å². The normalized spacial score (nSPS) is 28.7. The van der Waals surface area contributed by atoms with Gasteiger partial charge in [0.05, 0.1) is 17.5 Å². The molecule has 0 N–H and O–H groups in total. The van der Waals surface area contributed by atoms with Crippen molar-refractivity contribution in [3.8, 4) is 11.5 Å². The first-order valence-electron chi connectivity index (χ1n) is 15.0. The Morgan fingerprint density at radius 3 is 2.69 bits per heavy atom. The number of carbonyl (C=O) groups is 3. The van der Waals surface area contributed by atoms with E-state index in [0.717, 1.165) is 23.2 Å². The summed E-state index contributed by atoms with van der Waals surface area (Å²) in [5, 5.41) is 0. The third-order valence-corrected chi connectivity index (χ3v) is 10.0. The molecule has 2 unspecified atom stereocenters. The molecule has 8 heteroatoms. The first kappa shape index (κ1) is 28.5. The smallest absolute Gasteiger partial charge is 0.308 e. The van der Waals surface area contributed by atoms with Gasteiger partial charge in [-0.3, -0.25) is 19.3 Å². The van der Waals surface area contributed by atoms with E-state index in [0.29, 0.717) is 56.6 Å². The number of piperidine rings is 1. The second-order valence-electron chi connectivity index (χ2n) is 12.4. The van der Waals surface area contributed by atoms with Crippen molar-refractivity contribution in [2.75, 3.05) is 20.1 Å². The molecule has 0 radical (unpaired) electrons. The van der Waals surface area contributed by atoms with Gasteiger partial charge in [0.15, 0.2) is 11.5 Å². The summed E-state index contributed by atoms with van der Waals surface area (Å²) in [7, 11) is 1.87. The van der Waals surface area contributed by atoms with E-state index < -0.39 is 23.1 Å². The summed E-state index contributed by atoms with van der Waals surface area (Å²) in [5.41, 5.74) is 2.87. The van der Waals surface area contributed by atoms with Crippen LogP contribution >= 0.6 is 0 Å². The number of ether oxygens (including phenoxy) is 3. The van der Waals surface area contributed by atoms with Crippen LogP contribution in [0.2, 0.25) is 0 Å². The van der Waals surface area contributed by atoms with Gasteiger partial charge in [-0.05, 0) is 56.2 Å². The number of aryl methyl sites for hydroxylation is 2. The minimum atomic E-state index is -0.847. The molecule has 2 aromatic carbocycles. The van der Waals surface area contributed by atoms with Gasteiger partial charge in [0.25, 0.3) is 0 Å². The Kier molecular flexibility index (Phi) is 7.16. The summed E-state index contributed by atoms with van der Waals surface area (Å²) in [6.45, 7) is 10.4. The maximum absolute atomic E-state index is 13.7. The van der Waals surface area contributed by atoms with E-state index >= 15 is 0 Å². The third kappa shape index (κ3) is 4.25. The Hall–Kier alpha value is -3.65. The fraction of sp³-hybridized carbons (Fsp3) is 0.500. The van der Waals surface area contributed by atoms with Crippen LogP contribution in [0.4, 0.5) is 0 Å². The molecule has 2 fully saturated rings. The van der Waals surface area contributed by atoms with Crippen molar-refractivity contribution in [1.82, 2.24) is 9.80 Å². The van der Waals surface area contributed by atoms with Crippen LogP contribution in [0.15, 0.2) is 49.1 Å². The van der Waals surface area contributed by atoms with Crippen LogP contribution < -0.4 is 9.47 Å². The van der Waals surface area contributed by atoms with Gasteiger partial charge < -0.3 is 19.1 Å². The lowest BCUT2D eigenvalue weighted by molar-refractivity contribution is -0.222. The molecule has 4 aliphatic rings. The Balaban J connectivity index is 1.42. The second-order valence-corrected chi connectivity index (χ2v) is 12.4. The molecule has 0 aromatic heterocycles. The van der Waals surface area contributed by atoms with Gasteiger partial charge in [-0.25, -0.2) is 0 Å². The van der Waals surface area contributed by atoms with Gasteiger partial charge in [-0.2, -0.15) is 0 Å². The number of carbonyl (C=O) groups excluding carboxylic acids is 3. The summed E-state index contributed by atoms with van der Waals surface area (Å²) in [6, 6.07) is 11.8. The van der Waals surface area contributed by atoms with Gasteiger partial charge in [0.2, 0.25) is 5.91 Å². The van der Waals surface area contributed by atoms with Gasteiger partial charge in [0.1, 0.15) is 11.7 Å². The van der Waals surface area contributed by atoms with Crippen LogP contribution in [0.25, 0.3) is 0 Å². The summed E-state index contributed by atoms with van der Waals surface area (Å²) in [4.78, 5) is 42.8. The fourth-order valence-corrected chi connectivity index (χ4v) is 8.53. The molecule has 2 aromatic rings. The molecule has 2 bridgehead atoms. The zero-order valence-corrected chi connectivity index (χ0v) is 25.0. The van der Waals surface area contributed by atoms with E-state index in [1.54, 1.807) is 0 Å². The molecule has 2 heterocycles. The molecule has 222 valence electrons. The second kappa shape index (κ2) is 10.6. The van der Waals surface area contributed by atoms with E-state index in [9.17, 15) is 14.4 Å². The highest BCUT2D eigenvalue weighted by Crippen LogP contribution is 2.67. The summed E-state index contributed by atoms with van der Waals surface area (Å²) in [6.07, 6.45) is 5.07. The molecule has 8 nitrogen and oxygen atoms in total. The highest BCUT2D eigenvalue weighted by molar-refractivity contribution is 5.77. The van der Waals surface area contributed by atoms with E-state index in [1.807, 2.05) is 36.2 Å². The molecule has 2 aliphatic carbocycles. The van der Waals surface area contributed by atoms with Gasteiger partial charge in [-0.15, -0.1) is 6.58 Å². The molecule has 6 rings (SSSR count). The first-order chi connectivity index (χ1) is 20.1. The number of hydrogen-bond acceptors (Lipinski definition) is 7. The van der Waals surface area contributed by atoms with Crippen LogP contribution in [-0.2, 0) is 37.4 Å². The zero-order chi connectivity index (χ0) is 29.8. The number of benzene rings is 2. The lowest BCUT2D eigenvalue weighted by atomic mass is 9.48. The number of esters is 2. The van der Waals surface area contributed by atoms with Crippen LogP contribution in [0.3, 0.4) is 0 Å². The van der Waals surface area contributed by atoms with Crippen molar-refractivity contribution >= 4 is 17.8 Å². The van der Waals surface area contributed by atoms with Crippen LogP contribution in [-0.4, -0.2) is 71.6 Å². The third-order valence-electron chi connectivity index (χ3n) is 10.0. The Bertz CT molecular complexity index is 1450. The molecular weight excluding hydrogens is 532 g/mol. The number of likely N-dealkylation sites (tertiary alicyclic amines) is 1. The van der Waals surface area contributed by atoms with E-state index in [1.165, 1.54) is 19.4 Å². The predicted octanol–water partition coefficient (Wildman–Crippen LogP) is 4.29. The van der Waals surface area contributed by atoms with Crippen molar-refractivity contribution in [2.24, 2.45) is 0 Å². The van der Waals surface area contributed by atoms with E-state index in [-0.39, 0.29) is 24.0 Å². The Morgan fingerprint density at radius 1 is 1.17 bits per heavy atom. The maximum Gasteiger partial charge on any atom is 0.308 e. The predicted molar refractivity (Wildman–Crippen MR) is 158 cm³/mol. The zero-order valence-electron chi connectivity index (χ0n) is 25.0. The maximum atomic E-state index is 13.7. The van der Waals surface area contributed by atoms with Gasteiger partial charge in [0, 0.05) is 46.0 Å². The summed E-state index contributed by atoms with van der Waals surface area (Å²) in [5.74, 6) is 0.221. The van der Waals surface area contributed by atoms with Crippen LogP contribution in [0, 0.1) is 6.92 Å². The van der Waals surface area contributed by atoms with Crippen LogP contribution in [0.5, 0.6) is 11.5 Å². The minimum absolute atomic E-state index is 0.0503. The quantitative estimate of drug-likeness (QED) is 0.265. The average molecular weight is 573 g/mol. The molecule has 1 amide bonds. The first-order valence-corrected chi connectivity index (χ1v) is 15.0. The van der Waals surface area contributed by atoms with E-state index in [2.05, 4.69) is 36.6 Å². The number of nitrogens with zero attached hydrogens (tertiary/aromatic N) is 2.